The second-order valence-electron chi connectivity index (χ2n) is 7.38. The topological polar surface area (TPSA) is 59.9 Å². The molecule has 9 heteroatoms. The molecule has 0 unspecified atom stereocenters. The average molecular weight is 625 g/mol. The van der Waals surface area contributed by atoms with E-state index < -0.39 is 0 Å². The zero-order chi connectivity index (χ0) is 24.2. The van der Waals surface area contributed by atoms with Crippen LogP contribution in [0, 0.1) is 10.5 Å². The summed E-state index contributed by atoms with van der Waals surface area (Å²) in [6.07, 6.45) is 1.81. The number of nitrogens with one attached hydrogen (secondary N) is 1. The summed E-state index contributed by atoms with van der Waals surface area (Å²) < 4.78 is 12.4. The molecule has 1 N–H and O–H groups in total. The highest BCUT2D eigenvalue weighted by Crippen LogP contribution is 2.37. The van der Waals surface area contributed by atoms with Gasteiger partial charge in [-0.1, -0.05) is 47.0 Å². The number of hydrogen-bond donors (Lipinski definition) is 1. The van der Waals surface area contributed by atoms with Gasteiger partial charge in [-0.2, -0.15) is 0 Å². The fourth-order valence-corrected chi connectivity index (χ4v) is 5.21. The SMILES string of the molecule is COc1cc(/C=C2/SC(=Nc3ccc(C)cc3)NC2=O)cc(I)c1OCc1ccc(Cl)cc1Cl. The lowest BCUT2D eigenvalue weighted by Crippen LogP contribution is -2.19. The van der Waals surface area contributed by atoms with Gasteiger partial charge >= 0.3 is 0 Å². The van der Waals surface area contributed by atoms with E-state index in [0.29, 0.717) is 31.6 Å². The summed E-state index contributed by atoms with van der Waals surface area (Å²) in [4.78, 5) is 17.6. The van der Waals surface area contributed by atoms with E-state index in [0.717, 1.165) is 25.9 Å². The van der Waals surface area contributed by atoms with Crippen LogP contribution in [-0.4, -0.2) is 18.2 Å². The molecule has 1 fully saturated rings. The molecule has 0 atom stereocenters. The van der Waals surface area contributed by atoms with Gasteiger partial charge in [0.15, 0.2) is 16.7 Å². The van der Waals surface area contributed by atoms with Gasteiger partial charge in [0.1, 0.15) is 6.61 Å². The van der Waals surface area contributed by atoms with Crippen molar-refractivity contribution in [3.8, 4) is 11.5 Å². The van der Waals surface area contributed by atoms with E-state index >= 15 is 0 Å². The molecular formula is C25H19Cl2IN2O3S. The molecule has 1 amide bonds. The third-order valence-electron chi connectivity index (χ3n) is 4.85. The number of ether oxygens (including phenoxy) is 2. The number of hydrogen-bond acceptors (Lipinski definition) is 5. The predicted molar refractivity (Wildman–Crippen MR) is 148 cm³/mol. The van der Waals surface area contributed by atoms with Crippen molar-refractivity contribution in [2.45, 2.75) is 13.5 Å². The molecule has 0 spiro atoms. The fourth-order valence-electron chi connectivity index (χ4n) is 3.12. The Morgan fingerprint density at radius 1 is 1.12 bits per heavy atom. The van der Waals surface area contributed by atoms with E-state index in [4.69, 9.17) is 32.7 Å². The number of rotatable bonds is 6. The largest absolute Gasteiger partial charge is 0.493 e. The Labute approximate surface area is 225 Å². The highest BCUT2D eigenvalue weighted by Gasteiger charge is 2.24. The lowest BCUT2D eigenvalue weighted by atomic mass is 10.2. The summed E-state index contributed by atoms with van der Waals surface area (Å²) >= 11 is 15.7. The first-order chi connectivity index (χ1) is 16.3. The van der Waals surface area contributed by atoms with Crippen molar-refractivity contribution in [1.82, 2.24) is 5.32 Å². The van der Waals surface area contributed by atoms with Gasteiger partial charge in [0, 0.05) is 15.6 Å². The Hall–Kier alpha value is -2.20. The number of aryl methyl sites for hydroxylation is 1. The molecule has 0 aromatic heterocycles. The van der Waals surface area contributed by atoms with Crippen molar-refractivity contribution in [2.24, 2.45) is 4.99 Å². The Bertz CT molecular complexity index is 1310. The Morgan fingerprint density at radius 2 is 1.88 bits per heavy atom. The van der Waals surface area contributed by atoms with E-state index in [2.05, 4.69) is 32.9 Å². The number of carbonyl (C=O) groups excluding carboxylic acids is 1. The number of carbonyl (C=O) groups is 1. The standard InChI is InChI=1S/C25H19Cl2IN2O3S/c1-14-3-7-18(8-4-14)29-25-30-24(31)22(34-25)11-15-9-20(28)23(21(10-15)32-2)33-13-16-5-6-17(26)12-19(16)27/h3-12H,13H2,1-2H3,(H,29,30,31)/b22-11+. The summed E-state index contributed by atoms with van der Waals surface area (Å²) in [6.45, 7) is 2.28. The first-order valence-corrected chi connectivity index (χ1v) is 12.8. The predicted octanol–water partition coefficient (Wildman–Crippen LogP) is 7.39. The van der Waals surface area contributed by atoms with E-state index in [9.17, 15) is 4.79 Å². The monoisotopic (exact) mass is 624 g/mol. The minimum Gasteiger partial charge on any atom is -0.493 e. The molecule has 0 bridgehead atoms. The zero-order valence-corrected chi connectivity index (χ0v) is 22.7. The van der Waals surface area contributed by atoms with Crippen LogP contribution in [0.25, 0.3) is 6.08 Å². The smallest absolute Gasteiger partial charge is 0.264 e. The van der Waals surface area contributed by atoms with Crippen LogP contribution in [0.3, 0.4) is 0 Å². The molecule has 1 saturated heterocycles. The Morgan fingerprint density at radius 3 is 2.59 bits per heavy atom. The maximum absolute atomic E-state index is 12.5. The Kier molecular flexibility index (Phi) is 8.08. The van der Waals surface area contributed by atoms with Crippen molar-refractivity contribution < 1.29 is 14.3 Å². The fraction of sp³-hybridized carbons (Fsp3) is 0.120. The van der Waals surface area contributed by atoms with Gasteiger partial charge in [0.25, 0.3) is 5.91 Å². The van der Waals surface area contributed by atoms with Gasteiger partial charge in [-0.15, -0.1) is 0 Å². The van der Waals surface area contributed by atoms with Gasteiger partial charge in [-0.25, -0.2) is 4.99 Å². The highest BCUT2D eigenvalue weighted by molar-refractivity contribution is 14.1. The van der Waals surface area contributed by atoms with Gasteiger partial charge in [0.05, 0.1) is 21.3 Å². The van der Waals surface area contributed by atoms with Crippen LogP contribution in [0.1, 0.15) is 16.7 Å². The summed E-state index contributed by atoms with van der Waals surface area (Å²) in [5, 5.41) is 4.46. The number of benzene rings is 3. The molecule has 0 aliphatic carbocycles. The van der Waals surface area contributed by atoms with Gasteiger partial charge < -0.3 is 14.8 Å². The third kappa shape index (κ3) is 6.07. The lowest BCUT2D eigenvalue weighted by molar-refractivity contribution is -0.115. The molecule has 0 saturated carbocycles. The molecule has 34 heavy (non-hydrogen) atoms. The maximum atomic E-state index is 12.5. The van der Waals surface area contributed by atoms with Crippen molar-refractivity contribution in [1.29, 1.82) is 0 Å². The lowest BCUT2D eigenvalue weighted by Gasteiger charge is -2.14. The summed E-state index contributed by atoms with van der Waals surface area (Å²) in [5.41, 5.74) is 3.56. The summed E-state index contributed by atoms with van der Waals surface area (Å²) in [5.74, 6) is 0.963. The quantitative estimate of drug-likeness (QED) is 0.230. The van der Waals surface area contributed by atoms with Crippen LogP contribution in [0.15, 0.2) is 64.5 Å². The second kappa shape index (κ2) is 11.0. The van der Waals surface area contributed by atoms with Gasteiger partial charge in [-0.05, 0) is 89.3 Å². The molecule has 3 aromatic rings. The number of methoxy groups -OCH3 is 1. The molecule has 174 valence electrons. The first kappa shape index (κ1) is 24.9. The number of nitrogens with zero attached hydrogens (tertiary/aromatic N) is 1. The van der Waals surface area contributed by atoms with Crippen molar-refractivity contribution in [2.75, 3.05) is 7.11 Å². The van der Waals surface area contributed by atoms with Crippen LogP contribution < -0.4 is 14.8 Å². The summed E-state index contributed by atoms with van der Waals surface area (Å²) in [6, 6.07) is 16.8. The molecule has 4 rings (SSSR count). The van der Waals surface area contributed by atoms with Crippen molar-refractivity contribution >= 4 is 80.4 Å². The van der Waals surface area contributed by atoms with E-state index in [1.165, 1.54) is 11.8 Å². The van der Waals surface area contributed by atoms with Crippen molar-refractivity contribution in [3.05, 3.63) is 89.8 Å². The molecule has 1 aliphatic rings. The van der Waals surface area contributed by atoms with Crippen LogP contribution in [0.4, 0.5) is 5.69 Å². The number of aliphatic imine (C=N–C) groups is 1. The normalized spacial score (nSPS) is 15.6. The van der Waals surface area contributed by atoms with Crippen LogP contribution in [0.5, 0.6) is 11.5 Å². The van der Waals surface area contributed by atoms with Crippen LogP contribution in [0.2, 0.25) is 10.0 Å². The molecular weight excluding hydrogens is 606 g/mol. The van der Waals surface area contributed by atoms with Gasteiger partial charge in [0.2, 0.25) is 0 Å². The second-order valence-corrected chi connectivity index (χ2v) is 10.4. The molecule has 1 aliphatic heterocycles. The summed E-state index contributed by atoms with van der Waals surface area (Å²) in [7, 11) is 1.58. The van der Waals surface area contributed by atoms with E-state index in [1.54, 1.807) is 19.2 Å². The zero-order valence-electron chi connectivity index (χ0n) is 18.2. The number of amides is 1. The van der Waals surface area contributed by atoms with Crippen molar-refractivity contribution in [3.63, 3.8) is 0 Å². The number of halogens is 3. The number of thioether (sulfide) groups is 1. The molecule has 0 radical (unpaired) electrons. The van der Waals surface area contributed by atoms with E-state index in [1.807, 2.05) is 55.5 Å². The molecule has 5 nitrogen and oxygen atoms in total. The average Bonchev–Trinajstić information content (AvgIpc) is 3.13. The number of amidine groups is 1. The molecule has 1 heterocycles. The van der Waals surface area contributed by atoms with E-state index in [-0.39, 0.29) is 12.5 Å². The maximum Gasteiger partial charge on any atom is 0.264 e. The minimum absolute atomic E-state index is 0.192. The first-order valence-electron chi connectivity index (χ1n) is 10.1. The van der Waals surface area contributed by atoms with Crippen LogP contribution in [-0.2, 0) is 11.4 Å². The third-order valence-corrected chi connectivity index (χ3v) is 7.15. The molecule has 3 aromatic carbocycles. The Balaban J connectivity index is 1.53. The minimum atomic E-state index is -0.192. The van der Waals surface area contributed by atoms with Gasteiger partial charge in [-0.3, -0.25) is 4.79 Å². The highest BCUT2D eigenvalue weighted by atomic mass is 127. The van der Waals surface area contributed by atoms with Crippen LogP contribution >= 0.6 is 57.6 Å².